The van der Waals surface area contributed by atoms with Crippen LogP contribution in [0.5, 0.6) is 0 Å². The van der Waals surface area contributed by atoms with Crippen molar-refractivity contribution in [1.29, 1.82) is 0 Å². The Kier molecular flexibility index (Phi) is 5.44. The van der Waals surface area contributed by atoms with Gasteiger partial charge in [-0.15, -0.1) is 0 Å². The van der Waals surface area contributed by atoms with Crippen molar-refractivity contribution in [2.45, 2.75) is 65.5 Å². The summed E-state index contributed by atoms with van der Waals surface area (Å²) in [7, 11) is 0. The number of nitrogens with two attached hydrogens (primary N) is 1. The summed E-state index contributed by atoms with van der Waals surface area (Å²) in [5.74, 6) is 1.48. The molecule has 1 heterocycles. The fraction of sp³-hybridized carbons (Fsp3) is 0.929. The van der Waals surface area contributed by atoms with Crippen molar-refractivity contribution in [3.8, 4) is 0 Å². The number of hydrogen-bond donors (Lipinski definition) is 1. The Morgan fingerprint density at radius 2 is 2.06 bits per heavy atom. The van der Waals surface area contributed by atoms with Gasteiger partial charge in [-0.1, -0.05) is 20.8 Å². The van der Waals surface area contributed by atoms with Crippen LogP contribution in [0.4, 0.5) is 0 Å². The number of amides is 1. The van der Waals surface area contributed by atoms with E-state index < -0.39 is 0 Å². The zero-order valence-corrected chi connectivity index (χ0v) is 11.8. The van der Waals surface area contributed by atoms with Crippen LogP contribution in [0.25, 0.3) is 0 Å². The van der Waals surface area contributed by atoms with Crippen LogP contribution in [0.3, 0.4) is 0 Å². The third kappa shape index (κ3) is 4.66. The minimum absolute atomic E-state index is 0.280. The Bertz CT molecular complexity index is 253. The van der Waals surface area contributed by atoms with Crippen molar-refractivity contribution in [3.05, 3.63) is 0 Å². The van der Waals surface area contributed by atoms with Gasteiger partial charge in [-0.3, -0.25) is 4.79 Å². The van der Waals surface area contributed by atoms with Crippen LogP contribution in [0.2, 0.25) is 0 Å². The van der Waals surface area contributed by atoms with Crippen molar-refractivity contribution >= 4 is 5.91 Å². The predicted molar refractivity (Wildman–Crippen MR) is 71.6 cm³/mol. The lowest BCUT2D eigenvalue weighted by Gasteiger charge is -2.37. The Morgan fingerprint density at radius 1 is 1.41 bits per heavy atom. The van der Waals surface area contributed by atoms with Gasteiger partial charge in [-0.05, 0) is 38.0 Å². The van der Waals surface area contributed by atoms with E-state index in [1.165, 1.54) is 0 Å². The maximum Gasteiger partial charge on any atom is 0.223 e. The summed E-state index contributed by atoms with van der Waals surface area (Å²) in [4.78, 5) is 14.2. The Balaban J connectivity index is 2.41. The molecule has 0 aliphatic carbocycles. The Morgan fingerprint density at radius 3 is 2.59 bits per heavy atom. The van der Waals surface area contributed by atoms with E-state index in [1.807, 2.05) is 4.90 Å². The van der Waals surface area contributed by atoms with Crippen molar-refractivity contribution < 1.29 is 4.79 Å². The molecule has 1 saturated heterocycles. The van der Waals surface area contributed by atoms with Crippen LogP contribution in [-0.2, 0) is 4.79 Å². The average Bonchev–Trinajstić information content (AvgIpc) is 2.15. The Labute approximate surface area is 106 Å². The molecule has 3 nitrogen and oxygen atoms in total. The summed E-state index contributed by atoms with van der Waals surface area (Å²) >= 11 is 0. The molecule has 0 saturated carbocycles. The normalized spacial score (nSPS) is 27.3. The van der Waals surface area contributed by atoms with Crippen LogP contribution >= 0.6 is 0 Å². The van der Waals surface area contributed by atoms with E-state index in [1.54, 1.807) is 0 Å². The van der Waals surface area contributed by atoms with E-state index in [-0.39, 0.29) is 6.04 Å². The number of hydrogen-bond acceptors (Lipinski definition) is 2. The summed E-state index contributed by atoms with van der Waals surface area (Å²) in [6, 6.07) is 0.597. The fourth-order valence-corrected chi connectivity index (χ4v) is 2.88. The first-order valence-electron chi connectivity index (χ1n) is 6.95. The third-order valence-electron chi connectivity index (χ3n) is 3.63. The maximum absolute atomic E-state index is 12.2. The number of likely N-dealkylation sites (tertiary alicyclic amines) is 1. The van der Waals surface area contributed by atoms with E-state index in [2.05, 4.69) is 27.7 Å². The number of carbonyl (C=O) groups excluding carboxylic acids is 1. The van der Waals surface area contributed by atoms with Gasteiger partial charge < -0.3 is 10.6 Å². The maximum atomic E-state index is 12.2. The molecule has 0 spiro atoms. The summed E-state index contributed by atoms with van der Waals surface area (Å²) < 4.78 is 0. The van der Waals surface area contributed by atoms with Crippen molar-refractivity contribution in [1.82, 2.24) is 4.90 Å². The molecule has 0 aromatic heterocycles. The van der Waals surface area contributed by atoms with Crippen LogP contribution in [0.15, 0.2) is 0 Å². The van der Waals surface area contributed by atoms with Crippen LogP contribution < -0.4 is 5.73 Å². The lowest BCUT2D eigenvalue weighted by atomic mass is 9.93. The minimum Gasteiger partial charge on any atom is -0.340 e. The van der Waals surface area contributed by atoms with Gasteiger partial charge in [0.05, 0.1) is 0 Å². The predicted octanol–water partition coefficient (Wildman–Crippen LogP) is 2.40. The molecule has 1 aliphatic heterocycles. The van der Waals surface area contributed by atoms with Gasteiger partial charge in [0, 0.05) is 25.0 Å². The summed E-state index contributed by atoms with van der Waals surface area (Å²) in [6.45, 7) is 9.56. The number of nitrogens with zero attached hydrogens (tertiary/aromatic N) is 1. The van der Waals surface area contributed by atoms with Crippen LogP contribution in [0, 0.1) is 11.8 Å². The first-order valence-corrected chi connectivity index (χ1v) is 6.95. The second-order valence-corrected chi connectivity index (χ2v) is 6.16. The van der Waals surface area contributed by atoms with Gasteiger partial charge in [0.1, 0.15) is 0 Å². The van der Waals surface area contributed by atoms with Gasteiger partial charge in [0.15, 0.2) is 0 Å². The van der Waals surface area contributed by atoms with E-state index in [0.717, 1.165) is 25.8 Å². The Hall–Kier alpha value is -0.570. The molecular weight excluding hydrogens is 212 g/mol. The van der Waals surface area contributed by atoms with E-state index in [4.69, 9.17) is 5.73 Å². The second kappa shape index (κ2) is 6.39. The quantitative estimate of drug-likeness (QED) is 0.820. The summed E-state index contributed by atoms with van der Waals surface area (Å²) in [6.07, 6.45) is 3.73. The fourth-order valence-electron chi connectivity index (χ4n) is 2.88. The largest absolute Gasteiger partial charge is 0.340 e. The van der Waals surface area contributed by atoms with Crippen molar-refractivity contribution in [2.75, 3.05) is 6.54 Å². The standard InChI is InChI=1S/C14H28N2O/c1-10(2)7-11(3)8-14(17)16-6-5-13(15)9-12(16)4/h10-13H,5-9,15H2,1-4H3/t11-,12-,13-/m0/s1. The highest BCUT2D eigenvalue weighted by atomic mass is 16.2. The van der Waals surface area contributed by atoms with Gasteiger partial charge in [0.25, 0.3) is 0 Å². The second-order valence-electron chi connectivity index (χ2n) is 6.16. The topological polar surface area (TPSA) is 46.3 Å². The van der Waals surface area contributed by atoms with Crippen LogP contribution in [-0.4, -0.2) is 29.4 Å². The monoisotopic (exact) mass is 240 g/mol. The van der Waals surface area contributed by atoms with Gasteiger partial charge in [-0.2, -0.15) is 0 Å². The highest BCUT2D eigenvalue weighted by molar-refractivity contribution is 5.76. The molecule has 17 heavy (non-hydrogen) atoms. The molecule has 1 aliphatic rings. The minimum atomic E-state index is 0.280. The SMILES string of the molecule is CC(C)C[C@H](C)CC(=O)N1CC[C@H](N)C[C@@H]1C. The number of carbonyl (C=O) groups is 1. The smallest absolute Gasteiger partial charge is 0.223 e. The highest BCUT2D eigenvalue weighted by Gasteiger charge is 2.27. The lowest BCUT2D eigenvalue weighted by Crippen LogP contribution is -2.48. The van der Waals surface area contributed by atoms with Crippen molar-refractivity contribution in [3.63, 3.8) is 0 Å². The molecule has 0 radical (unpaired) electrons. The molecule has 3 heteroatoms. The summed E-state index contributed by atoms with van der Waals surface area (Å²) in [5, 5.41) is 0. The number of rotatable bonds is 4. The van der Waals surface area contributed by atoms with Gasteiger partial charge in [-0.25, -0.2) is 0 Å². The lowest BCUT2D eigenvalue weighted by molar-refractivity contribution is -0.135. The van der Waals surface area contributed by atoms with Crippen molar-refractivity contribution in [2.24, 2.45) is 17.6 Å². The van der Waals surface area contributed by atoms with Gasteiger partial charge in [0.2, 0.25) is 5.91 Å². The van der Waals surface area contributed by atoms with Crippen LogP contribution in [0.1, 0.15) is 53.4 Å². The summed E-state index contributed by atoms with van der Waals surface area (Å²) in [5.41, 5.74) is 5.92. The van der Waals surface area contributed by atoms with Gasteiger partial charge >= 0.3 is 0 Å². The molecule has 1 rings (SSSR count). The molecule has 3 atom stereocenters. The molecule has 1 fully saturated rings. The zero-order chi connectivity index (χ0) is 13.0. The first kappa shape index (κ1) is 14.5. The van der Waals surface area contributed by atoms with E-state index in [0.29, 0.717) is 30.2 Å². The molecule has 0 unspecified atom stereocenters. The highest BCUT2D eigenvalue weighted by Crippen LogP contribution is 2.20. The molecule has 100 valence electrons. The zero-order valence-electron chi connectivity index (χ0n) is 11.8. The first-order chi connectivity index (χ1) is 7.90. The molecule has 2 N–H and O–H groups in total. The molecular formula is C14H28N2O. The third-order valence-corrected chi connectivity index (χ3v) is 3.63. The molecule has 0 aromatic rings. The molecule has 1 amide bonds. The molecule has 0 aromatic carbocycles. The molecule has 0 bridgehead atoms. The number of piperidine rings is 1. The van der Waals surface area contributed by atoms with E-state index in [9.17, 15) is 4.79 Å². The van der Waals surface area contributed by atoms with E-state index >= 15 is 0 Å². The average molecular weight is 240 g/mol.